The lowest BCUT2D eigenvalue weighted by molar-refractivity contribution is 0.385. The van der Waals surface area contributed by atoms with Crippen molar-refractivity contribution in [2.75, 3.05) is 6.54 Å². The zero-order chi connectivity index (χ0) is 8.39. The molecule has 0 radical (unpaired) electrons. The Bertz CT molecular complexity index is 140. The summed E-state index contributed by atoms with van der Waals surface area (Å²) in [5.74, 6) is 2.03. The summed E-state index contributed by atoms with van der Waals surface area (Å²) in [6, 6.07) is 0.871. The van der Waals surface area contributed by atoms with E-state index in [1.807, 2.05) is 0 Å². The highest BCUT2D eigenvalue weighted by molar-refractivity contribution is 4.85. The van der Waals surface area contributed by atoms with E-state index in [1.54, 1.807) is 0 Å². The lowest BCUT2D eigenvalue weighted by Crippen LogP contribution is -2.33. The molecule has 2 saturated carbocycles. The van der Waals surface area contributed by atoms with Crippen molar-refractivity contribution in [2.24, 2.45) is 11.8 Å². The van der Waals surface area contributed by atoms with E-state index in [4.69, 9.17) is 0 Å². The first-order chi connectivity index (χ1) is 5.90. The largest absolute Gasteiger partial charge is 0.313 e. The monoisotopic (exact) mass is 167 g/mol. The summed E-state index contributed by atoms with van der Waals surface area (Å²) in [7, 11) is 0. The lowest BCUT2D eigenvalue weighted by atomic mass is 10.0. The Balaban J connectivity index is 1.69. The third kappa shape index (κ3) is 2.01. The van der Waals surface area contributed by atoms with Crippen molar-refractivity contribution in [2.45, 2.75) is 51.5 Å². The minimum absolute atomic E-state index is 0.871. The number of rotatable bonds is 4. The molecule has 0 spiro atoms. The van der Waals surface area contributed by atoms with Crippen LogP contribution in [0.1, 0.15) is 45.4 Å². The highest BCUT2D eigenvalue weighted by atomic mass is 14.9. The topological polar surface area (TPSA) is 12.0 Å². The standard InChI is InChI=1S/C11H21N/c1-2-10-4-3-5-11(10)12-8-9-6-7-9/h9-12H,2-8H2,1H3. The highest BCUT2D eigenvalue weighted by Crippen LogP contribution is 2.31. The van der Waals surface area contributed by atoms with Gasteiger partial charge in [-0.25, -0.2) is 0 Å². The summed E-state index contributed by atoms with van der Waals surface area (Å²) in [5.41, 5.74) is 0. The maximum atomic E-state index is 3.74. The molecule has 12 heavy (non-hydrogen) atoms. The van der Waals surface area contributed by atoms with E-state index in [0.717, 1.165) is 17.9 Å². The Kier molecular flexibility index (Phi) is 2.69. The molecule has 2 atom stereocenters. The Labute approximate surface area is 75.9 Å². The third-order valence-electron chi connectivity index (χ3n) is 3.55. The molecule has 1 nitrogen and oxygen atoms in total. The molecule has 0 amide bonds. The van der Waals surface area contributed by atoms with E-state index < -0.39 is 0 Å². The Hall–Kier alpha value is -0.0400. The summed E-state index contributed by atoms with van der Waals surface area (Å²) in [6.07, 6.45) is 8.71. The zero-order valence-corrected chi connectivity index (χ0v) is 8.18. The average molecular weight is 167 g/mol. The number of nitrogens with one attached hydrogen (secondary N) is 1. The van der Waals surface area contributed by atoms with Crippen LogP contribution < -0.4 is 5.32 Å². The van der Waals surface area contributed by atoms with Crippen LogP contribution in [0, 0.1) is 11.8 Å². The van der Waals surface area contributed by atoms with Crippen LogP contribution in [0.2, 0.25) is 0 Å². The molecule has 1 N–H and O–H groups in total. The van der Waals surface area contributed by atoms with Crippen molar-refractivity contribution in [3.8, 4) is 0 Å². The zero-order valence-electron chi connectivity index (χ0n) is 8.18. The van der Waals surface area contributed by atoms with Crippen molar-refractivity contribution < 1.29 is 0 Å². The summed E-state index contributed by atoms with van der Waals surface area (Å²) in [6.45, 7) is 3.64. The molecule has 2 rings (SSSR count). The first kappa shape index (κ1) is 8.55. The van der Waals surface area contributed by atoms with Gasteiger partial charge in [-0.3, -0.25) is 0 Å². The molecule has 0 aromatic heterocycles. The van der Waals surface area contributed by atoms with E-state index in [-0.39, 0.29) is 0 Å². The molecule has 70 valence electrons. The van der Waals surface area contributed by atoms with E-state index in [1.165, 1.54) is 45.1 Å². The minimum atomic E-state index is 0.871. The SMILES string of the molecule is CCC1CCCC1NCC1CC1. The van der Waals surface area contributed by atoms with Crippen molar-refractivity contribution in [3.63, 3.8) is 0 Å². The van der Waals surface area contributed by atoms with Gasteiger partial charge in [0.1, 0.15) is 0 Å². The van der Waals surface area contributed by atoms with Gasteiger partial charge in [0.25, 0.3) is 0 Å². The van der Waals surface area contributed by atoms with Gasteiger partial charge in [-0.05, 0) is 44.1 Å². The Morgan fingerprint density at radius 2 is 2.00 bits per heavy atom. The smallest absolute Gasteiger partial charge is 0.00953 e. The number of hydrogen-bond acceptors (Lipinski definition) is 1. The second-order valence-corrected chi connectivity index (χ2v) is 4.56. The van der Waals surface area contributed by atoms with Gasteiger partial charge in [-0.1, -0.05) is 19.8 Å². The Morgan fingerprint density at radius 1 is 1.17 bits per heavy atom. The summed E-state index contributed by atoms with van der Waals surface area (Å²) >= 11 is 0. The van der Waals surface area contributed by atoms with Crippen LogP contribution in [0.5, 0.6) is 0 Å². The summed E-state index contributed by atoms with van der Waals surface area (Å²) in [5, 5.41) is 3.74. The fourth-order valence-corrected chi connectivity index (χ4v) is 2.43. The fourth-order valence-electron chi connectivity index (χ4n) is 2.43. The summed E-state index contributed by atoms with van der Waals surface area (Å²) < 4.78 is 0. The van der Waals surface area contributed by atoms with Crippen LogP contribution in [0.25, 0.3) is 0 Å². The van der Waals surface area contributed by atoms with Gasteiger partial charge >= 0.3 is 0 Å². The molecule has 2 aliphatic carbocycles. The van der Waals surface area contributed by atoms with Crippen LogP contribution >= 0.6 is 0 Å². The van der Waals surface area contributed by atoms with Crippen LogP contribution in [-0.4, -0.2) is 12.6 Å². The first-order valence-corrected chi connectivity index (χ1v) is 5.63. The van der Waals surface area contributed by atoms with Gasteiger partial charge < -0.3 is 5.32 Å². The minimum Gasteiger partial charge on any atom is -0.313 e. The second kappa shape index (κ2) is 3.78. The van der Waals surface area contributed by atoms with Crippen LogP contribution in [0.15, 0.2) is 0 Å². The second-order valence-electron chi connectivity index (χ2n) is 4.56. The lowest BCUT2D eigenvalue weighted by Gasteiger charge is -2.19. The van der Waals surface area contributed by atoms with Crippen LogP contribution in [0.4, 0.5) is 0 Å². The molecular formula is C11H21N. The summed E-state index contributed by atoms with van der Waals surface area (Å²) in [4.78, 5) is 0. The predicted octanol–water partition coefficient (Wildman–Crippen LogP) is 2.56. The van der Waals surface area contributed by atoms with Crippen molar-refractivity contribution in [1.29, 1.82) is 0 Å². The molecule has 0 aromatic carbocycles. The van der Waals surface area contributed by atoms with Crippen LogP contribution in [-0.2, 0) is 0 Å². The molecule has 2 unspecified atom stereocenters. The highest BCUT2D eigenvalue weighted by Gasteiger charge is 2.28. The molecule has 0 aliphatic heterocycles. The van der Waals surface area contributed by atoms with Gasteiger partial charge in [0.2, 0.25) is 0 Å². The molecule has 2 aliphatic rings. The van der Waals surface area contributed by atoms with Gasteiger partial charge in [0.05, 0.1) is 0 Å². The molecule has 0 aromatic rings. The van der Waals surface area contributed by atoms with Gasteiger partial charge in [0, 0.05) is 6.04 Å². The van der Waals surface area contributed by atoms with E-state index in [2.05, 4.69) is 12.2 Å². The maximum Gasteiger partial charge on any atom is 0.00953 e. The van der Waals surface area contributed by atoms with Gasteiger partial charge in [-0.15, -0.1) is 0 Å². The third-order valence-corrected chi connectivity index (χ3v) is 3.55. The molecule has 1 heteroatoms. The van der Waals surface area contributed by atoms with Crippen molar-refractivity contribution in [3.05, 3.63) is 0 Å². The van der Waals surface area contributed by atoms with Crippen molar-refractivity contribution in [1.82, 2.24) is 5.32 Å². The van der Waals surface area contributed by atoms with Crippen LogP contribution in [0.3, 0.4) is 0 Å². The molecule has 2 fully saturated rings. The molecule has 0 bridgehead atoms. The first-order valence-electron chi connectivity index (χ1n) is 5.63. The predicted molar refractivity (Wildman–Crippen MR) is 52.1 cm³/mol. The quantitative estimate of drug-likeness (QED) is 0.678. The molecule has 0 saturated heterocycles. The normalized spacial score (nSPS) is 35.8. The Morgan fingerprint density at radius 3 is 2.67 bits per heavy atom. The number of hydrogen-bond donors (Lipinski definition) is 1. The van der Waals surface area contributed by atoms with E-state index in [9.17, 15) is 0 Å². The maximum absolute atomic E-state index is 3.74. The van der Waals surface area contributed by atoms with E-state index in [0.29, 0.717) is 0 Å². The average Bonchev–Trinajstić information content (AvgIpc) is 2.81. The van der Waals surface area contributed by atoms with Crippen molar-refractivity contribution >= 4 is 0 Å². The molecule has 0 heterocycles. The fraction of sp³-hybridized carbons (Fsp3) is 1.00. The van der Waals surface area contributed by atoms with Gasteiger partial charge in [-0.2, -0.15) is 0 Å². The molecular weight excluding hydrogens is 146 g/mol. The van der Waals surface area contributed by atoms with Gasteiger partial charge in [0.15, 0.2) is 0 Å². The van der Waals surface area contributed by atoms with E-state index >= 15 is 0 Å².